The van der Waals surface area contributed by atoms with Crippen LogP contribution >= 0.6 is 0 Å². The van der Waals surface area contributed by atoms with E-state index in [1.165, 1.54) is 5.56 Å². The molecule has 0 aromatic carbocycles. The Bertz CT molecular complexity index is 830. The molecule has 0 saturated carbocycles. The number of anilines is 1. The maximum absolute atomic E-state index is 12.3. The van der Waals surface area contributed by atoms with E-state index in [0.29, 0.717) is 31.7 Å². The smallest absolute Gasteiger partial charge is 0.410 e. The first-order valence-corrected chi connectivity index (χ1v) is 10.1. The molecule has 1 amide bonds. The lowest BCUT2D eigenvalue weighted by Gasteiger charge is -2.33. The second-order valence-corrected chi connectivity index (χ2v) is 8.64. The largest absolute Gasteiger partial charge is 0.444 e. The summed E-state index contributed by atoms with van der Waals surface area (Å²) in [5.41, 5.74) is 2.43. The molecule has 28 heavy (non-hydrogen) atoms. The summed E-state index contributed by atoms with van der Waals surface area (Å²) in [6, 6.07) is 0.297. The van der Waals surface area contributed by atoms with Crippen LogP contribution in [0, 0.1) is 0 Å². The van der Waals surface area contributed by atoms with E-state index in [1.807, 2.05) is 27.0 Å². The van der Waals surface area contributed by atoms with Crippen molar-refractivity contribution >= 4 is 23.1 Å². The zero-order valence-corrected chi connectivity index (χ0v) is 16.8. The fourth-order valence-corrected chi connectivity index (χ4v) is 3.85. The van der Waals surface area contributed by atoms with Crippen molar-refractivity contribution in [3.63, 3.8) is 0 Å². The Labute approximate surface area is 165 Å². The van der Waals surface area contributed by atoms with Crippen LogP contribution in [0.2, 0.25) is 0 Å². The van der Waals surface area contributed by atoms with Crippen molar-refractivity contribution in [3.05, 3.63) is 18.0 Å². The molecule has 2 aliphatic rings. The Balaban J connectivity index is 1.44. The highest BCUT2D eigenvalue weighted by molar-refractivity contribution is 5.77. The van der Waals surface area contributed by atoms with E-state index in [0.717, 1.165) is 42.9 Å². The van der Waals surface area contributed by atoms with Crippen LogP contribution in [0.25, 0.3) is 11.2 Å². The number of hydrogen-bond donors (Lipinski definition) is 2. The van der Waals surface area contributed by atoms with Gasteiger partial charge in [0.25, 0.3) is 0 Å². The SMILES string of the molecule is CC(C)(C)OC(=O)N1CCC(c2c[nH]c3ncc(NC4CCOC4)nc23)CC1. The van der Waals surface area contributed by atoms with Gasteiger partial charge < -0.3 is 24.7 Å². The summed E-state index contributed by atoms with van der Waals surface area (Å²) in [6.07, 6.45) is 6.33. The molecule has 0 spiro atoms. The second kappa shape index (κ2) is 7.58. The molecule has 2 N–H and O–H groups in total. The molecule has 8 heteroatoms. The zero-order valence-electron chi connectivity index (χ0n) is 16.8. The van der Waals surface area contributed by atoms with Crippen molar-refractivity contribution in [2.45, 2.75) is 57.6 Å². The van der Waals surface area contributed by atoms with Gasteiger partial charge in [0, 0.05) is 31.5 Å². The van der Waals surface area contributed by atoms with Crippen LogP contribution in [0.3, 0.4) is 0 Å². The van der Waals surface area contributed by atoms with Crippen molar-refractivity contribution in [2.24, 2.45) is 0 Å². The number of rotatable bonds is 3. The topological polar surface area (TPSA) is 92.4 Å². The molecular formula is C20H29N5O3. The van der Waals surface area contributed by atoms with Crippen molar-refractivity contribution in [1.29, 1.82) is 0 Å². The number of carbonyl (C=O) groups is 1. The maximum Gasteiger partial charge on any atom is 0.410 e. The van der Waals surface area contributed by atoms with Gasteiger partial charge in [-0.05, 0) is 46.0 Å². The third-order valence-electron chi connectivity index (χ3n) is 5.28. The fraction of sp³-hybridized carbons (Fsp3) is 0.650. The quantitative estimate of drug-likeness (QED) is 0.840. The van der Waals surface area contributed by atoms with Gasteiger partial charge in [-0.2, -0.15) is 0 Å². The lowest BCUT2D eigenvalue weighted by atomic mass is 9.91. The molecule has 8 nitrogen and oxygen atoms in total. The third kappa shape index (κ3) is 4.22. The number of hydrogen-bond acceptors (Lipinski definition) is 6. The molecule has 2 saturated heterocycles. The van der Waals surface area contributed by atoms with Crippen molar-refractivity contribution in [2.75, 3.05) is 31.6 Å². The predicted molar refractivity (Wildman–Crippen MR) is 107 cm³/mol. The normalized spacial score (nSPS) is 21.2. The predicted octanol–water partition coefficient (Wildman–Crippen LogP) is 3.27. The highest BCUT2D eigenvalue weighted by Gasteiger charge is 2.29. The summed E-state index contributed by atoms with van der Waals surface area (Å²) in [7, 11) is 0. The van der Waals surface area contributed by atoms with Crippen LogP contribution in [-0.4, -0.2) is 63.9 Å². The van der Waals surface area contributed by atoms with Gasteiger partial charge in [0.05, 0.1) is 18.8 Å². The minimum atomic E-state index is -0.464. The molecule has 2 aromatic heterocycles. The average molecular weight is 387 g/mol. The van der Waals surface area contributed by atoms with E-state index < -0.39 is 5.60 Å². The minimum Gasteiger partial charge on any atom is -0.444 e. The summed E-state index contributed by atoms with van der Waals surface area (Å²) in [5.74, 6) is 1.14. The van der Waals surface area contributed by atoms with Crippen LogP contribution < -0.4 is 5.32 Å². The van der Waals surface area contributed by atoms with Gasteiger partial charge in [0.15, 0.2) is 5.65 Å². The Kier molecular flexibility index (Phi) is 5.14. The lowest BCUT2D eigenvalue weighted by molar-refractivity contribution is 0.0205. The van der Waals surface area contributed by atoms with Crippen LogP contribution in [0.5, 0.6) is 0 Å². The number of nitrogens with one attached hydrogen (secondary N) is 2. The number of likely N-dealkylation sites (tertiary alicyclic amines) is 1. The van der Waals surface area contributed by atoms with Crippen LogP contribution in [0.15, 0.2) is 12.4 Å². The molecule has 0 bridgehead atoms. The van der Waals surface area contributed by atoms with Crippen LogP contribution in [0.4, 0.5) is 10.6 Å². The molecule has 1 unspecified atom stereocenters. The first-order chi connectivity index (χ1) is 13.4. The Morgan fingerprint density at radius 2 is 2.11 bits per heavy atom. The number of piperidine rings is 1. The van der Waals surface area contributed by atoms with Crippen molar-refractivity contribution < 1.29 is 14.3 Å². The maximum atomic E-state index is 12.3. The van der Waals surface area contributed by atoms with Crippen LogP contribution in [-0.2, 0) is 9.47 Å². The highest BCUT2D eigenvalue weighted by atomic mass is 16.6. The third-order valence-corrected chi connectivity index (χ3v) is 5.28. The van der Waals surface area contributed by atoms with E-state index in [2.05, 4.69) is 15.3 Å². The van der Waals surface area contributed by atoms with Gasteiger partial charge in [-0.3, -0.25) is 0 Å². The Hall–Kier alpha value is -2.35. The van der Waals surface area contributed by atoms with Gasteiger partial charge in [0.1, 0.15) is 16.9 Å². The number of H-pyrrole nitrogens is 1. The number of fused-ring (bicyclic) bond motifs is 1. The Morgan fingerprint density at radius 1 is 1.32 bits per heavy atom. The Morgan fingerprint density at radius 3 is 2.79 bits per heavy atom. The van der Waals surface area contributed by atoms with E-state index >= 15 is 0 Å². The summed E-state index contributed by atoms with van der Waals surface area (Å²) in [5, 5.41) is 3.41. The molecule has 2 fully saturated rings. The summed E-state index contributed by atoms with van der Waals surface area (Å²) >= 11 is 0. The summed E-state index contributed by atoms with van der Waals surface area (Å²) < 4.78 is 10.9. The molecule has 2 aliphatic heterocycles. The number of ether oxygens (including phenoxy) is 2. The van der Waals surface area contributed by atoms with E-state index in [4.69, 9.17) is 14.5 Å². The molecule has 152 valence electrons. The second-order valence-electron chi connectivity index (χ2n) is 8.64. The number of aromatic amines is 1. The van der Waals surface area contributed by atoms with Crippen LogP contribution in [0.1, 0.15) is 51.5 Å². The molecule has 1 atom stereocenters. The molecular weight excluding hydrogens is 358 g/mol. The van der Waals surface area contributed by atoms with Gasteiger partial charge in [-0.15, -0.1) is 0 Å². The number of nitrogens with zero attached hydrogens (tertiary/aromatic N) is 3. The standard InChI is InChI=1S/C20H29N5O3/c1-20(2,3)28-19(26)25-7-4-13(5-8-25)15-10-21-18-17(15)24-16(11-22-18)23-14-6-9-27-12-14/h10-11,13-14H,4-9,12H2,1-3H3,(H,21,22)(H,23,24). The number of carbonyl (C=O) groups excluding carboxylic acids is 1. The van der Waals surface area contributed by atoms with E-state index in [9.17, 15) is 4.79 Å². The van der Waals surface area contributed by atoms with Gasteiger partial charge in [-0.1, -0.05) is 0 Å². The number of amides is 1. The van der Waals surface area contributed by atoms with Gasteiger partial charge in [-0.25, -0.2) is 14.8 Å². The van der Waals surface area contributed by atoms with E-state index in [-0.39, 0.29) is 6.09 Å². The molecule has 0 aliphatic carbocycles. The monoisotopic (exact) mass is 387 g/mol. The first-order valence-electron chi connectivity index (χ1n) is 10.1. The molecule has 4 heterocycles. The summed E-state index contributed by atoms with van der Waals surface area (Å²) in [4.78, 5) is 26.7. The van der Waals surface area contributed by atoms with Gasteiger partial charge >= 0.3 is 6.09 Å². The zero-order chi connectivity index (χ0) is 19.7. The lowest BCUT2D eigenvalue weighted by Crippen LogP contribution is -2.41. The fourth-order valence-electron chi connectivity index (χ4n) is 3.85. The molecule has 2 aromatic rings. The number of aromatic nitrogens is 3. The average Bonchev–Trinajstić information content (AvgIpc) is 3.30. The van der Waals surface area contributed by atoms with Crippen molar-refractivity contribution in [3.8, 4) is 0 Å². The molecule has 0 radical (unpaired) electrons. The molecule has 4 rings (SSSR count). The first kappa shape index (κ1) is 19.0. The van der Waals surface area contributed by atoms with Gasteiger partial charge in [0.2, 0.25) is 0 Å². The summed E-state index contributed by atoms with van der Waals surface area (Å²) in [6.45, 7) is 8.57. The van der Waals surface area contributed by atoms with E-state index in [1.54, 1.807) is 11.1 Å². The minimum absolute atomic E-state index is 0.227. The van der Waals surface area contributed by atoms with Crippen molar-refractivity contribution in [1.82, 2.24) is 19.9 Å². The highest BCUT2D eigenvalue weighted by Crippen LogP contribution is 2.32.